The van der Waals surface area contributed by atoms with Gasteiger partial charge < -0.3 is 5.11 Å². The van der Waals surface area contributed by atoms with E-state index in [9.17, 15) is 13.2 Å². The van der Waals surface area contributed by atoms with Gasteiger partial charge in [0.05, 0.1) is 10.5 Å². The molecule has 0 fully saturated rings. The Morgan fingerprint density at radius 1 is 1.29 bits per heavy atom. The van der Waals surface area contributed by atoms with Gasteiger partial charge in [0.25, 0.3) is 10.0 Å². The van der Waals surface area contributed by atoms with Crippen LogP contribution in [0.3, 0.4) is 0 Å². The van der Waals surface area contributed by atoms with Crippen molar-refractivity contribution in [1.29, 1.82) is 0 Å². The molecule has 14 heavy (non-hydrogen) atoms. The second-order valence-corrected chi connectivity index (χ2v) is 4.16. The van der Waals surface area contributed by atoms with Crippen LogP contribution in [0.2, 0.25) is 0 Å². The predicted octanol–water partition coefficient (Wildman–Crippen LogP) is -0.463. The van der Waals surface area contributed by atoms with Crippen LogP contribution >= 0.6 is 0 Å². The Morgan fingerprint density at radius 2 is 1.79 bits per heavy atom. The second-order valence-electron chi connectivity index (χ2n) is 2.45. The van der Waals surface area contributed by atoms with Crippen molar-refractivity contribution in [3.8, 4) is 0 Å². The molecule has 1 aromatic rings. The summed E-state index contributed by atoms with van der Waals surface area (Å²) >= 11 is 0. The number of carbonyl (C=O) groups is 1. The summed E-state index contributed by atoms with van der Waals surface area (Å²) in [5, 5.41) is 8.55. The lowest BCUT2D eigenvalue weighted by Crippen LogP contribution is -2.30. The van der Waals surface area contributed by atoms with Crippen molar-refractivity contribution in [2.45, 2.75) is 4.90 Å². The number of aromatic carboxylic acids is 1. The molecule has 1 aromatic carbocycles. The van der Waals surface area contributed by atoms with Crippen LogP contribution in [0.1, 0.15) is 10.4 Å². The molecule has 0 aliphatic carbocycles. The van der Waals surface area contributed by atoms with Crippen LogP contribution in [0.15, 0.2) is 29.2 Å². The number of nitrogens with two attached hydrogens (primary N) is 1. The number of nitrogens with one attached hydrogen (secondary N) is 1. The minimum atomic E-state index is -3.71. The molecule has 0 bridgehead atoms. The quantitative estimate of drug-likeness (QED) is 0.467. The molecule has 0 unspecified atom stereocenters. The summed E-state index contributed by atoms with van der Waals surface area (Å²) < 4.78 is 22.2. The topological polar surface area (TPSA) is 109 Å². The molecule has 76 valence electrons. The molecule has 0 heterocycles. The Hall–Kier alpha value is -1.44. The molecule has 0 amide bonds. The first-order valence-electron chi connectivity index (χ1n) is 3.53. The van der Waals surface area contributed by atoms with Crippen molar-refractivity contribution in [2.24, 2.45) is 5.84 Å². The van der Waals surface area contributed by atoms with E-state index in [1.54, 1.807) is 4.83 Å². The maximum atomic E-state index is 11.1. The van der Waals surface area contributed by atoms with Gasteiger partial charge in [0, 0.05) is 0 Å². The van der Waals surface area contributed by atoms with Crippen LogP contribution in [-0.4, -0.2) is 19.5 Å². The molecule has 0 atom stereocenters. The Bertz CT molecular complexity index is 437. The van der Waals surface area contributed by atoms with Crippen molar-refractivity contribution < 1.29 is 18.3 Å². The number of carboxylic acids is 1. The molecule has 0 aliphatic heterocycles. The summed E-state index contributed by atoms with van der Waals surface area (Å²) in [6.07, 6.45) is 0. The molecule has 0 spiro atoms. The third-order valence-corrected chi connectivity index (χ3v) is 2.77. The molecule has 1 rings (SSSR count). The highest BCUT2D eigenvalue weighted by atomic mass is 32.2. The largest absolute Gasteiger partial charge is 0.478 e. The van der Waals surface area contributed by atoms with Crippen molar-refractivity contribution in [1.82, 2.24) is 4.83 Å². The number of sulfonamides is 1. The molecule has 0 saturated heterocycles. The van der Waals surface area contributed by atoms with Gasteiger partial charge in [-0.15, -0.1) is 0 Å². The first-order chi connectivity index (χ1) is 6.47. The summed E-state index contributed by atoms with van der Waals surface area (Å²) in [4.78, 5) is 12.0. The highest BCUT2D eigenvalue weighted by Gasteiger charge is 2.12. The summed E-state index contributed by atoms with van der Waals surface area (Å²) in [6, 6.07) is 4.70. The van der Waals surface area contributed by atoms with Crippen LogP contribution in [0, 0.1) is 0 Å². The number of rotatable bonds is 3. The van der Waals surface area contributed by atoms with E-state index < -0.39 is 16.0 Å². The molecule has 0 saturated carbocycles. The van der Waals surface area contributed by atoms with Gasteiger partial charge in [-0.25, -0.2) is 13.2 Å². The Kier molecular flexibility index (Phi) is 2.84. The molecule has 0 aliphatic rings. The lowest BCUT2D eigenvalue weighted by molar-refractivity contribution is 0.0697. The lowest BCUT2D eigenvalue weighted by Gasteiger charge is -2.01. The summed E-state index contributed by atoms with van der Waals surface area (Å²) in [5.74, 6) is 3.67. The van der Waals surface area contributed by atoms with Gasteiger partial charge in [-0.05, 0) is 24.3 Å². The summed E-state index contributed by atoms with van der Waals surface area (Å²) in [7, 11) is -3.71. The number of hydrogen-bond acceptors (Lipinski definition) is 4. The van der Waals surface area contributed by atoms with E-state index >= 15 is 0 Å². The van der Waals surface area contributed by atoms with Crippen molar-refractivity contribution in [2.75, 3.05) is 0 Å². The lowest BCUT2D eigenvalue weighted by atomic mass is 10.2. The van der Waals surface area contributed by atoms with Crippen LogP contribution in [0.4, 0.5) is 0 Å². The molecule has 7 heteroatoms. The van der Waals surface area contributed by atoms with Crippen LogP contribution < -0.4 is 10.7 Å². The predicted molar refractivity (Wildman–Crippen MR) is 47.9 cm³/mol. The monoisotopic (exact) mass is 216 g/mol. The zero-order valence-corrected chi connectivity index (χ0v) is 7.78. The number of benzene rings is 1. The van der Waals surface area contributed by atoms with E-state index in [2.05, 4.69) is 0 Å². The second kappa shape index (κ2) is 3.74. The average Bonchev–Trinajstić information content (AvgIpc) is 2.18. The minimum Gasteiger partial charge on any atom is -0.478 e. The fourth-order valence-corrected chi connectivity index (χ4v) is 1.48. The maximum absolute atomic E-state index is 11.1. The van der Waals surface area contributed by atoms with Gasteiger partial charge in [-0.3, -0.25) is 5.84 Å². The van der Waals surface area contributed by atoms with E-state index in [0.29, 0.717) is 0 Å². The van der Waals surface area contributed by atoms with Crippen molar-refractivity contribution >= 4 is 16.0 Å². The van der Waals surface area contributed by atoms with E-state index in [1.165, 1.54) is 24.3 Å². The normalized spacial score (nSPS) is 11.2. The van der Waals surface area contributed by atoms with Crippen LogP contribution in [0.5, 0.6) is 0 Å². The van der Waals surface area contributed by atoms with E-state index in [1.807, 2.05) is 0 Å². The van der Waals surface area contributed by atoms with Crippen molar-refractivity contribution in [3.63, 3.8) is 0 Å². The summed E-state index contributed by atoms with van der Waals surface area (Å²) in [5.41, 5.74) is 0.0148. The fraction of sp³-hybridized carbons (Fsp3) is 0. The van der Waals surface area contributed by atoms with E-state index in [-0.39, 0.29) is 10.5 Å². The van der Waals surface area contributed by atoms with E-state index in [0.717, 1.165) is 0 Å². The van der Waals surface area contributed by atoms with Gasteiger partial charge in [0.2, 0.25) is 0 Å². The third-order valence-electron chi connectivity index (χ3n) is 1.57. The Labute approximate surface area is 80.4 Å². The maximum Gasteiger partial charge on any atom is 0.335 e. The van der Waals surface area contributed by atoms with Gasteiger partial charge in [0.15, 0.2) is 0 Å². The third kappa shape index (κ3) is 2.08. The Morgan fingerprint density at radius 3 is 2.14 bits per heavy atom. The van der Waals surface area contributed by atoms with E-state index in [4.69, 9.17) is 10.9 Å². The van der Waals surface area contributed by atoms with Crippen LogP contribution in [-0.2, 0) is 10.0 Å². The van der Waals surface area contributed by atoms with Crippen molar-refractivity contribution in [3.05, 3.63) is 29.8 Å². The molecule has 0 radical (unpaired) electrons. The number of hydrogen-bond donors (Lipinski definition) is 3. The smallest absolute Gasteiger partial charge is 0.335 e. The SMILES string of the molecule is NNS(=O)(=O)c1ccc(C(=O)O)cc1. The highest BCUT2D eigenvalue weighted by molar-refractivity contribution is 7.89. The van der Waals surface area contributed by atoms with Gasteiger partial charge in [0.1, 0.15) is 0 Å². The molecular formula is C7H8N2O4S. The molecule has 4 N–H and O–H groups in total. The van der Waals surface area contributed by atoms with Crippen LogP contribution in [0.25, 0.3) is 0 Å². The first-order valence-corrected chi connectivity index (χ1v) is 5.01. The molecule has 0 aromatic heterocycles. The highest BCUT2D eigenvalue weighted by Crippen LogP contribution is 2.09. The fourth-order valence-electron chi connectivity index (χ4n) is 0.845. The first kappa shape index (κ1) is 10.6. The number of carboxylic acid groups (broad SMARTS) is 1. The Balaban J connectivity index is 3.12. The van der Waals surface area contributed by atoms with Gasteiger partial charge >= 0.3 is 5.97 Å². The minimum absolute atomic E-state index is 0.0148. The zero-order chi connectivity index (χ0) is 10.8. The van der Waals surface area contributed by atoms with Gasteiger partial charge in [-0.2, -0.15) is 4.83 Å². The molecular weight excluding hydrogens is 208 g/mol. The summed E-state index contributed by atoms with van der Waals surface area (Å²) in [6.45, 7) is 0. The molecule has 6 nitrogen and oxygen atoms in total. The van der Waals surface area contributed by atoms with Gasteiger partial charge in [-0.1, -0.05) is 0 Å². The average molecular weight is 216 g/mol. The number of hydrazine groups is 1. The zero-order valence-electron chi connectivity index (χ0n) is 6.97. The standard InChI is InChI=1S/C7H8N2O4S/c8-9-14(12,13)6-3-1-5(2-4-6)7(10)11/h1-4,9H,8H2,(H,10,11).